The van der Waals surface area contributed by atoms with Crippen molar-refractivity contribution in [3.63, 3.8) is 0 Å². The topological polar surface area (TPSA) is 65.0 Å². The van der Waals surface area contributed by atoms with Crippen LogP contribution in [0.2, 0.25) is 0 Å². The first-order valence-electron chi connectivity index (χ1n) is 10.8. The molecule has 5 rings (SSSR count). The highest BCUT2D eigenvalue weighted by atomic mass is 16.6. The zero-order valence-corrected chi connectivity index (χ0v) is 16.8. The molecule has 2 aromatic rings. The average Bonchev–Trinajstić information content (AvgIpc) is 3.05. The first kappa shape index (κ1) is 18.5. The Balaban J connectivity index is 1.39. The maximum Gasteiger partial charge on any atom is 0.309 e. The number of ether oxygens (including phenoxy) is 1. The maximum absolute atomic E-state index is 12.4. The van der Waals surface area contributed by atoms with Gasteiger partial charge in [-0.3, -0.25) is 19.7 Å². The van der Waals surface area contributed by atoms with Gasteiger partial charge in [0.15, 0.2) is 0 Å². The molecule has 0 bridgehead atoms. The number of hydrogen-bond donors (Lipinski definition) is 0. The third kappa shape index (κ3) is 3.47. The van der Waals surface area contributed by atoms with Crippen LogP contribution >= 0.6 is 0 Å². The van der Waals surface area contributed by atoms with Crippen molar-refractivity contribution < 1.29 is 9.53 Å². The van der Waals surface area contributed by atoms with E-state index in [1.54, 1.807) is 18.6 Å². The fourth-order valence-corrected chi connectivity index (χ4v) is 5.90. The quantitative estimate of drug-likeness (QED) is 0.720. The molecule has 2 saturated carbocycles. The van der Waals surface area contributed by atoms with Crippen LogP contribution < -0.4 is 0 Å². The molecule has 2 aromatic heterocycles. The number of hydrogen-bond acceptors (Lipinski definition) is 5. The summed E-state index contributed by atoms with van der Waals surface area (Å²) < 4.78 is 5.66. The monoisotopic (exact) mass is 389 g/mol. The Labute approximate surface area is 171 Å². The SMILES string of the molecule is C[C@H]1OC(=O)[C@@H]2C[C@@H]3CCCC[C@H]3[C@H](C=Cc3ccc(-c4cnccn4)cn3)[C@H]12. The van der Waals surface area contributed by atoms with E-state index in [1.807, 2.05) is 18.3 Å². The fourth-order valence-electron chi connectivity index (χ4n) is 5.90. The summed E-state index contributed by atoms with van der Waals surface area (Å²) in [7, 11) is 0. The number of rotatable bonds is 3. The van der Waals surface area contributed by atoms with Gasteiger partial charge >= 0.3 is 5.97 Å². The van der Waals surface area contributed by atoms with E-state index in [0.29, 0.717) is 23.7 Å². The standard InChI is InChI=1S/C24H27N3O2/c1-15-23-20(19-5-3-2-4-16(19)12-21(23)24(28)29-15)9-8-18-7-6-17(13-27-18)22-14-25-10-11-26-22/h6-11,13-16,19-21,23H,2-5,12H2,1H3/t15-,16+,19-,20+,21-,23+/m1/s1. The van der Waals surface area contributed by atoms with Crippen molar-refractivity contribution in [1.29, 1.82) is 0 Å². The summed E-state index contributed by atoms with van der Waals surface area (Å²) in [5.41, 5.74) is 2.72. The largest absolute Gasteiger partial charge is 0.462 e. The summed E-state index contributed by atoms with van der Waals surface area (Å²) in [4.78, 5) is 25.5. The van der Waals surface area contributed by atoms with Crippen LogP contribution in [0.1, 0.15) is 44.7 Å². The molecular weight excluding hydrogens is 362 g/mol. The predicted molar refractivity (Wildman–Crippen MR) is 110 cm³/mol. The summed E-state index contributed by atoms with van der Waals surface area (Å²) in [6.07, 6.45) is 17.6. The highest BCUT2D eigenvalue weighted by molar-refractivity contribution is 5.75. The molecule has 0 N–H and O–H groups in total. The minimum absolute atomic E-state index is 0.0111. The highest BCUT2D eigenvalue weighted by Gasteiger charge is 2.53. The molecule has 3 heterocycles. The Kier molecular flexibility index (Phi) is 4.90. The minimum Gasteiger partial charge on any atom is -0.462 e. The van der Waals surface area contributed by atoms with E-state index in [2.05, 4.69) is 34.0 Å². The number of carbonyl (C=O) groups excluding carboxylic acids is 1. The van der Waals surface area contributed by atoms with Crippen molar-refractivity contribution >= 4 is 12.0 Å². The predicted octanol–water partition coefficient (Wildman–Crippen LogP) is 4.56. The first-order valence-corrected chi connectivity index (χ1v) is 10.8. The van der Waals surface area contributed by atoms with Gasteiger partial charge in [-0.05, 0) is 55.7 Å². The molecule has 0 unspecified atom stereocenters. The molecule has 3 fully saturated rings. The molecule has 0 aromatic carbocycles. The minimum atomic E-state index is 0.0111. The van der Waals surface area contributed by atoms with Gasteiger partial charge in [-0.1, -0.05) is 25.3 Å². The number of cyclic esters (lactones) is 1. The first-order chi connectivity index (χ1) is 14.2. The molecule has 0 amide bonds. The van der Waals surface area contributed by atoms with Gasteiger partial charge < -0.3 is 4.74 Å². The lowest BCUT2D eigenvalue weighted by Gasteiger charge is -2.45. The number of esters is 1. The third-order valence-electron chi connectivity index (χ3n) is 7.21. The number of nitrogens with zero attached hydrogens (tertiary/aromatic N) is 3. The summed E-state index contributed by atoms with van der Waals surface area (Å²) in [5, 5.41) is 0. The van der Waals surface area contributed by atoms with Gasteiger partial charge in [-0.15, -0.1) is 0 Å². The lowest BCUT2D eigenvalue weighted by molar-refractivity contribution is -0.144. The van der Waals surface area contributed by atoms with Gasteiger partial charge in [0.25, 0.3) is 0 Å². The zero-order valence-electron chi connectivity index (χ0n) is 16.8. The molecule has 150 valence electrons. The van der Waals surface area contributed by atoms with Gasteiger partial charge in [0.2, 0.25) is 0 Å². The molecule has 1 saturated heterocycles. The van der Waals surface area contributed by atoms with E-state index in [-0.39, 0.29) is 18.0 Å². The van der Waals surface area contributed by atoms with E-state index in [9.17, 15) is 4.79 Å². The van der Waals surface area contributed by atoms with Crippen LogP contribution in [-0.2, 0) is 9.53 Å². The number of carbonyl (C=O) groups is 1. The fraction of sp³-hybridized carbons (Fsp3) is 0.500. The Morgan fingerprint density at radius 2 is 2.00 bits per heavy atom. The summed E-state index contributed by atoms with van der Waals surface area (Å²) in [6.45, 7) is 2.07. The van der Waals surface area contributed by atoms with Crippen LogP contribution in [0.5, 0.6) is 0 Å². The summed E-state index contributed by atoms with van der Waals surface area (Å²) >= 11 is 0. The van der Waals surface area contributed by atoms with E-state index in [1.165, 1.54) is 25.7 Å². The molecule has 0 radical (unpaired) electrons. The number of pyridine rings is 1. The summed E-state index contributed by atoms with van der Waals surface area (Å²) in [6, 6.07) is 4.06. The van der Waals surface area contributed by atoms with Crippen LogP contribution in [-0.4, -0.2) is 27.0 Å². The smallest absolute Gasteiger partial charge is 0.309 e. The van der Waals surface area contributed by atoms with Crippen LogP contribution in [0.3, 0.4) is 0 Å². The van der Waals surface area contributed by atoms with Gasteiger partial charge in [-0.25, -0.2) is 0 Å². The molecule has 5 heteroatoms. The number of fused-ring (bicyclic) bond motifs is 2. The van der Waals surface area contributed by atoms with Crippen molar-refractivity contribution in [2.45, 2.75) is 45.1 Å². The molecule has 0 spiro atoms. The second-order valence-corrected chi connectivity index (χ2v) is 8.77. The van der Waals surface area contributed by atoms with E-state index in [4.69, 9.17) is 4.74 Å². The number of aromatic nitrogens is 3. The van der Waals surface area contributed by atoms with Crippen molar-refractivity contribution in [1.82, 2.24) is 15.0 Å². The maximum atomic E-state index is 12.4. The van der Waals surface area contributed by atoms with Crippen molar-refractivity contribution in [3.8, 4) is 11.3 Å². The van der Waals surface area contributed by atoms with Crippen molar-refractivity contribution in [2.24, 2.45) is 29.6 Å². The lowest BCUT2D eigenvalue weighted by Crippen LogP contribution is -2.42. The molecular formula is C24H27N3O2. The van der Waals surface area contributed by atoms with E-state index in [0.717, 1.165) is 23.4 Å². The Hall–Kier alpha value is -2.56. The van der Waals surface area contributed by atoms with Gasteiger partial charge in [0, 0.05) is 30.1 Å². The Bertz CT molecular complexity index is 896. The normalized spacial score (nSPS) is 33.9. The van der Waals surface area contributed by atoms with Crippen molar-refractivity contribution in [3.05, 3.63) is 48.7 Å². The van der Waals surface area contributed by atoms with Crippen LogP contribution in [0.25, 0.3) is 17.3 Å². The van der Waals surface area contributed by atoms with Crippen LogP contribution in [0.15, 0.2) is 43.0 Å². The molecule has 3 aliphatic rings. The van der Waals surface area contributed by atoms with Crippen LogP contribution in [0.4, 0.5) is 0 Å². The van der Waals surface area contributed by atoms with E-state index >= 15 is 0 Å². The Morgan fingerprint density at radius 3 is 2.79 bits per heavy atom. The van der Waals surface area contributed by atoms with E-state index < -0.39 is 0 Å². The second kappa shape index (κ2) is 7.69. The second-order valence-electron chi connectivity index (χ2n) is 8.77. The molecule has 2 aliphatic carbocycles. The van der Waals surface area contributed by atoms with Gasteiger partial charge in [-0.2, -0.15) is 0 Å². The zero-order chi connectivity index (χ0) is 19.8. The van der Waals surface area contributed by atoms with Gasteiger partial charge in [0.05, 0.1) is 23.5 Å². The molecule has 6 atom stereocenters. The molecule has 1 aliphatic heterocycles. The lowest BCUT2D eigenvalue weighted by atomic mass is 9.57. The molecule has 29 heavy (non-hydrogen) atoms. The summed E-state index contributed by atoms with van der Waals surface area (Å²) in [5.74, 6) is 2.11. The third-order valence-corrected chi connectivity index (χ3v) is 7.21. The highest BCUT2D eigenvalue weighted by Crippen LogP contribution is 2.53. The number of allylic oxidation sites excluding steroid dienone is 1. The van der Waals surface area contributed by atoms with Crippen molar-refractivity contribution in [2.75, 3.05) is 0 Å². The average molecular weight is 389 g/mol. The Morgan fingerprint density at radius 1 is 1.10 bits per heavy atom. The molecule has 5 nitrogen and oxygen atoms in total. The van der Waals surface area contributed by atoms with Crippen LogP contribution in [0, 0.1) is 29.6 Å². The van der Waals surface area contributed by atoms with Gasteiger partial charge in [0.1, 0.15) is 6.10 Å².